The minimum atomic E-state index is -0.546. The summed E-state index contributed by atoms with van der Waals surface area (Å²) in [6.45, 7) is 15.6. The number of benzene rings is 8. The Hall–Kier alpha value is -9.32. The van der Waals surface area contributed by atoms with Gasteiger partial charge in [-0.25, -0.2) is 23.4 Å². The van der Waals surface area contributed by atoms with Gasteiger partial charge in [0.05, 0.1) is 22.3 Å². The van der Waals surface area contributed by atoms with Gasteiger partial charge in [0.2, 0.25) is 0 Å². The number of hydrogen-bond donors (Lipinski definition) is 8. The first-order valence-corrected chi connectivity index (χ1v) is 22.4. The number of nitrogen functional groups attached to an aromatic ring is 4. The maximum Gasteiger partial charge on any atom is 0.268 e. The fraction of sp³-hybridized carbons (Fsp3) is 0.0714. The van der Waals surface area contributed by atoms with Crippen LogP contribution < -0.4 is 64.0 Å². The van der Waals surface area contributed by atoms with Crippen LogP contribution in [-0.2, 0) is 0 Å². The maximum atomic E-state index is 13.0. The second-order valence-electron chi connectivity index (χ2n) is 16.2. The molecule has 0 fully saturated rings. The Morgan fingerprint density at radius 3 is 0.778 bits per heavy atom. The zero-order chi connectivity index (χ0) is 51.1. The molecule has 0 aliphatic heterocycles. The molecule has 0 aliphatic carbocycles. The summed E-state index contributed by atoms with van der Waals surface area (Å²) < 4.78 is 24.3. The maximum absolute atomic E-state index is 13.0. The Kier molecular flexibility index (Phi) is 14.7. The van der Waals surface area contributed by atoms with Gasteiger partial charge in [-0.15, -0.1) is 0 Å². The minimum absolute atomic E-state index is 0.107. The third kappa shape index (κ3) is 9.27. The topological polar surface area (TPSA) is 257 Å². The van der Waals surface area contributed by atoms with Crippen LogP contribution in [0.3, 0.4) is 0 Å². The Morgan fingerprint density at radius 1 is 0.361 bits per heavy atom. The molecule has 0 aromatic heterocycles. The highest BCUT2D eigenvalue weighted by Gasteiger charge is 2.25. The van der Waals surface area contributed by atoms with Gasteiger partial charge in [0.25, 0.3) is 23.6 Å². The molecule has 0 bridgehead atoms. The van der Waals surface area contributed by atoms with Crippen LogP contribution >= 0.6 is 0 Å². The summed E-state index contributed by atoms with van der Waals surface area (Å²) in [6, 6.07) is 33.2. The summed E-state index contributed by atoms with van der Waals surface area (Å²) in [5.41, 5.74) is 15.5. The van der Waals surface area contributed by atoms with Crippen molar-refractivity contribution >= 4 is 55.9 Å². The van der Waals surface area contributed by atoms with Crippen molar-refractivity contribution < 1.29 is 38.1 Å². The van der Waals surface area contributed by atoms with E-state index in [1.165, 1.54) is 0 Å². The van der Waals surface area contributed by atoms with Gasteiger partial charge in [-0.2, -0.15) is 0 Å². The van der Waals surface area contributed by atoms with Crippen LogP contribution in [0.25, 0.3) is 76.8 Å². The molecule has 8 aromatic rings. The summed E-state index contributed by atoms with van der Waals surface area (Å²) in [4.78, 5) is 52.1. The van der Waals surface area contributed by atoms with E-state index in [4.69, 9.17) is 42.3 Å². The number of nitrogens with one attached hydrogen (secondary N) is 4. The molecule has 0 aliphatic rings. The SMILES string of the molecule is C=CCOc1cc(-c2cc(-c3ccc(C(=O)NN)c(OCC=C)c3)c3ccc4c(-c5ccc(C(=O)NN)c(OCC=C)c5)cc(-c5ccc(C(=O)NN)c(OCC=C)c5)c5ccc2c3c54)ccc1C(=O)NN. The summed E-state index contributed by atoms with van der Waals surface area (Å²) in [6.07, 6.45) is 6.30. The average Bonchev–Trinajstić information content (AvgIpc) is 3.42. The van der Waals surface area contributed by atoms with E-state index >= 15 is 0 Å². The summed E-state index contributed by atoms with van der Waals surface area (Å²) in [5.74, 6) is 21.3. The van der Waals surface area contributed by atoms with E-state index in [1.807, 2.05) is 60.7 Å². The molecule has 362 valence electrons. The van der Waals surface area contributed by atoms with Crippen LogP contribution in [0.1, 0.15) is 41.4 Å². The molecule has 16 nitrogen and oxygen atoms in total. The van der Waals surface area contributed by atoms with Gasteiger partial charge in [0.15, 0.2) is 0 Å². The molecule has 12 N–H and O–H groups in total. The fourth-order valence-corrected chi connectivity index (χ4v) is 8.84. The lowest BCUT2D eigenvalue weighted by atomic mass is 9.81. The number of amides is 4. The molecule has 0 saturated carbocycles. The highest BCUT2D eigenvalue weighted by atomic mass is 16.5. The molecule has 0 spiro atoms. The third-order valence-electron chi connectivity index (χ3n) is 12.0. The smallest absolute Gasteiger partial charge is 0.268 e. The van der Waals surface area contributed by atoms with E-state index in [0.717, 1.165) is 54.6 Å². The molecule has 0 unspecified atom stereocenters. The Labute approximate surface area is 413 Å². The van der Waals surface area contributed by atoms with Crippen molar-refractivity contribution in [2.24, 2.45) is 23.4 Å². The Bertz CT molecular complexity index is 3050. The number of ether oxygens (including phenoxy) is 4. The summed E-state index contributed by atoms with van der Waals surface area (Å²) in [7, 11) is 0. The first kappa shape index (κ1) is 49.1. The zero-order valence-electron chi connectivity index (χ0n) is 38.9. The molecule has 0 heterocycles. The van der Waals surface area contributed by atoms with E-state index in [0.29, 0.717) is 22.3 Å². The van der Waals surface area contributed by atoms with Crippen molar-refractivity contribution in [1.82, 2.24) is 21.7 Å². The summed E-state index contributed by atoms with van der Waals surface area (Å²) in [5, 5.41) is 5.02. The molecule has 0 saturated heterocycles. The monoisotopic (exact) mass is 962 g/mol. The minimum Gasteiger partial charge on any atom is -0.489 e. The van der Waals surface area contributed by atoms with E-state index in [2.05, 4.69) is 48.0 Å². The van der Waals surface area contributed by atoms with E-state index in [9.17, 15) is 19.2 Å². The molecule has 0 atom stereocenters. The predicted molar refractivity (Wildman–Crippen MR) is 281 cm³/mol. The van der Waals surface area contributed by atoms with Crippen molar-refractivity contribution in [3.63, 3.8) is 0 Å². The van der Waals surface area contributed by atoms with Crippen LogP contribution in [-0.4, -0.2) is 50.1 Å². The number of nitrogens with two attached hydrogens (primary N) is 4. The molecule has 72 heavy (non-hydrogen) atoms. The third-order valence-corrected chi connectivity index (χ3v) is 12.0. The van der Waals surface area contributed by atoms with Crippen molar-refractivity contribution in [3.05, 3.63) is 182 Å². The highest BCUT2D eigenvalue weighted by Crippen LogP contribution is 2.50. The van der Waals surface area contributed by atoms with Crippen molar-refractivity contribution in [2.45, 2.75) is 0 Å². The Morgan fingerprint density at radius 2 is 0.583 bits per heavy atom. The molecule has 8 aromatic carbocycles. The molecule has 0 radical (unpaired) electrons. The number of hydrogen-bond acceptors (Lipinski definition) is 12. The van der Waals surface area contributed by atoms with Gasteiger partial charge in [-0.1, -0.05) is 99.2 Å². The zero-order valence-corrected chi connectivity index (χ0v) is 38.9. The van der Waals surface area contributed by atoms with E-state index in [-0.39, 0.29) is 71.7 Å². The first-order valence-electron chi connectivity index (χ1n) is 22.4. The number of rotatable bonds is 20. The lowest BCUT2D eigenvalue weighted by Crippen LogP contribution is -2.30. The largest absolute Gasteiger partial charge is 0.489 e. The molecular weight excluding hydrogens is 913 g/mol. The van der Waals surface area contributed by atoms with Gasteiger partial charge >= 0.3 is 0 Å². The normalized spacial score (nSPS) is 10.9. The standard InChI is InChI=1S/C56H50N8O8/c1-5-21-69-47-25-31(9-13-39(47)53(65)61-57)43-29-44(32-10-14-40(54(66)62-58)48(26-32)70-22-6-2)36-19-20-38-46(34-12-16-42(56(68)64-60)50(28-34)72-24-8-4)30-45(37-18-17-35(43)51(36)52(37)38)33-11-15-41(55(67)63-59)49(27-33)71-23-7-3/h5-20,25-30H,1-4,21-24,57-60H2,(H,61,65)(H,62,66)(H,63,67)(H,64,68). The second kappa shape index (κ2) is 21.5. The molecule has 8 rings (SSSR count). The molecule has 4 amide bonds. The van der Waals surface area contributed by atoms with Crippen LogP contribution in [0.15, 0.2) is 160 Å². The highest BCUT2D eigenvalue weighted by molar-refractivity contribution is 6.32. The van der Waals surface area contributed by atoms with Gasteiger partial charge in [-0.3, -0.25) is 40.9 Å². The lowest BCUT2D eigenvalue weighted by Gasteiger charge is -2.23. The number of carbonyl (C=O) groups excluding carboxylic acids is 4. The lowest BCUT2D eigenvalue weighted by molar-refractivity contribution is 0.0942. The van der Waals surface area contributed by atoms with Crippen LogP contribution in [0.2, 0.25) is 0 Å². The quantitative estimate of drug-likeness (QED) is 0.0119. The van der Waals surface area contributed by atoms with Crippen molar-refractivity contribution in [1.29, 1.82) is 0 Å². The average molecular weight is 963 g/mol. The molecular formula is C56H50N8O8. The Balaban J connectivity index is 1.54. The fourth-order valence-electron chi connectivity index (χ4n) is 8.84. The second-order valence-corrected chi connectivity index (χ2v) is 16.2. The van der Waals surface area contributed by atoms with Crippen LogP contribution in [0.4, 0.5) is 0 Å². The van der Waals surface area contributed by atoms with Gasteiger partial charge in [-0.05, 0) is 137 Å². The van der Waals surface area contributed by atoms with E-state index in [1.54, 1.807) is 72.8 Å². The van der Waals surface area contributed by atoms with Crippen LogP contribution in [0, 0.1) is 0 Å². The van der Waals surface area contributed by atoms with Gasteiger partial charge in [0.1, 0.15) is 49.4 Å². The van der Waals surface area contributed by atoms with Crippen LogP contribution in [0.5, 0.6) is 23.0 Å². The first-order chi connectivity index (χ1) is 35.0. The molecule has 16 heteroatoms. The van der Waals surface area contributed by atoms with E-state index < -0.39 is 23.6 Å². The predicted octanol–water partition coefficient (Wildman–Crippen LogP) is 7.93. The summed E-state index contributed by atoms with van der Waals surface area (Å²) >= 11 is 0. The number of carbonyl (C=O) groups is 4. The van der Waals surface area contributed by atoms with Crippen molar-refractivity contribution in [2.75, 3.05) is 26.4 Å². The van der Waals surface area contributed by atoms with Crippen molar-refractivity contribution in [3.8, 4) is 67.5 Å². The number of hydrazine groups is 4. The van der Waals surface area contributed by atoms with Gasteiger partial charge < -0.3 is 18.9 Å². The van der Waals surface area contributed by atoms with Gasteiger partial charge in [0, 0.05) is 0 Å².